The lowest BCUT2D eigenvalue weighted by Crippen LogP contribution is -2.06. The van der Waals surface area contributed by atoms with E-state index in [1.807, 2.05) is 0 Å². The van der Waals surface area contributed by atoms with Crippen molar-refractivity contribution in [3.8, 4) is 0 Å². The zero-order valence-electron chi connectivity index (χ0n) is 7.42. The molecule has 0 amide bonds. The van der Waals surface area contributed by atoms with Crippen molar-refractivity contribution >= 4 is 11.1 Å². The van der Waals surface area contributed by atoms with Crippen LogP contribution in [0.3, 0.4) is 0 Å². The van der Waals surface area contributed by atoms with Gasteiger partial charge in [0.15, 0.2) is 11.5 Å². The first-order valence-corrected chi connectivity index (χ1v) is 4.94. The van der Waals surface area contributed by atoms with Crippen LogP contribution < -0.4 is 0 Å². The highest BCUT2D eigenvalue weighted by Crippen LogP contribution is 2.66. The van der Waals surface area contributed by atoms with Crippen LogP contribution in [0, 0.1) is 0 Å². The minimum Gasteiger partial charge on any atom is -0.449 e. The lowest BCUT2D eigenvalue weighted by Gasteiger charge is -2.26. The second-order valence-corrected chi connectivity index (χ2v) is 4.19. The molecule has 3 aliphatic carbocycles. The molecule has 1 nitrogen and oxygen atoms in total. The van der Waals surface area contributed by atoms with Crippen LogP contribution in [0.5, 0.6) is 0 Å². The third kappa shape index (κ3) is 0.392. The Morgan fingerprint density at radius 3 is 2.00 bits per heavy atom. The molecule has 1 aromatic rings. The van der Waals surface area contributed by atoms with E-state index in [1.54, 1.807) is 0 Å². The molecule has 1 aromatic carbocycles. The van der Waals surface area contributed by atoms with Crippen LogP contribution in [0.4, 0.5) is 0 Å². The Bertz CT molecular complexity index is 573. The van der Waals surface area contributed by atoms with Crippen LogP contribution >= 0.6 is 0 Å². The molecule has 2 bridgehead atoms. The molecule has 0 unspecified atom stereocenters. The number of fused-ring (bicyclic) bond motifs is 8. The Labute approximate surface area is 81.0 Å². The fourth-order valence-corrected chi connectivity index (χ4v) is 2.97. The second-order valence-electron chi connectivity index (χ2n) is 4.19. The smallest absolute Gasteiger partial charge is 0.174 e. The fourth-order valence-electron chi connectivity index (χ4n) is 2.97. The number of rotatable bonds is 0. The molecule has 64 valence electrons. The molecule has 14 heavy (non-hydrogen) atoms. The number of benzene rings is 1. The summed E-state index contributed by atoms with van der Waals surface area (Å²) in [6.45, 7) is 0. The molecular weight excluding hydrogens is 172 g/mol. The maximum atomic E-state index is 5.47. The van der Waals surface area contributed by atoms with Gasteiger partial charge in [-0.05, 0) is 22.3 Å². The minimum atomic E-state index is 1.13. The first-order valence-electron chi connectivity index (χ1n) is 4.94. The highest BCUT2D eigenvalue weighted by atomic mass is 16.6. The summed E-state index contributed by atoms with van der Waals surface area (Å²) in [5.41, 5.74) is 8.70. The predicted octanol–water partition coefficient (Wildman–Crippen LogP) is 2.87. The van der Waals surface area contributed by atoms with E-state index in [2.05, 4.69) is 24.3 Å². The zero-order valence-corrected chi connectivity index (χ0v) is 7.42. The third-order valence-corrected chi connectivity index (χ3v) is 3.59. The highest BCUT2D eigenvalue weighted by Gasteiger charge is 2.51. The highest BCUT2D eigenvalue weighted by molar-refractivity contribution is 6.24. The van der Waals surface area contributed by atoms with Gasteiger partial charge in [0, 0.05) is 17.6 Å². The van der Waals surface area contributed by atoms with E-state index in [9.17, 15) is 0 Å². The van der Waals surface area contributed by atoms with Gasteiger partial charge in [-0.3, -0.25) is 0 Å². The normalized spacial score (nSPS) is 23.1. The summed E-state index contributed by atoms with van der Waals surface area (Å²) in [4.78, 5) is 0. The van der Waals surface area contributed by atoms with Gasteiger partial charge in [-0.15, -0.1) is 0 Å². The van der Waals surface area contributed by atoms with Crippen molar-refractivity contribution in [3.05, 3.63) is 58.1 Å². The first-order chi connectivity index (χ1) is 6.95. The summed E-state index contributed by atoms with van der Waals surface area (Å²) in [5, 5.41) is 0. The summed E-state index contributed by atoms with van der Waals surface area (Å²) < 4.78 is 5.47. The monoisotopic (exact) mass is 178 g/mol. The lowest BCUT2D eigenvalue weighted by molar-refractivity contribution is 0.468. The SMILES string of the molecule is c1ccc2c(c1)C1=C3CC(=C12)C1=C3O1. The lowest BCUT2D eigenvalue weighted by atomic mass is 9.76. The van der Waals surface area contributed by atoms with Gasteiger partial charge in [0.25, 0.3) is 0 Å². The van der Waals surface area contributed by atoms with Gasteiger partial charge in [-0.2, -0.15) is 0 Å². The summed E-state index contributed by atoms with van der Waals surface area (Å²) >= 11 is 0. The van der Waals surface area contributed by atoms with E-state index in [0.29, 0.717) is 0 Å². The van der Waals surface area contributed by atoms with Crippen LogP contribution in [0.25, 0.3) is 11.1 Å². The molecular formula is C13H6O. The molecule has 5 rings (SSSR count). The molecule has 1 heterocycles. The van der Waals surface area contributed by atoms with E-state index in [4.69, 9.17) is 4.74 Å². The molecule has 1 aliphatic heterocycles. The van der Waals surface area contributed by atoms with Gasteiger partial charge in [-0.1, -0.05) is 24.3 Å². The van der Waals surface area contributed by atoms with Crippen molar-refractivity contribution < 1.29 is 4.74 Å². The Morgan fingerprint density at radius 2 is 1.43 bits per heavy atom. The first kappa shape index (κ1) is 5.86. The molecule has 0 spiro atoms. The average molecular weight is 178 g/mol. The molecule has 0 atom stereocenters. The molecule has 0 saturated carbocycles. The quantitative estimate of drug-likeness (QED) is 0.595. The van der Waals surface area contributed by atoms with Crippen molar-refractivity contribution in [2.24, 2.45) is 0 Å². The van der Waals surface area contributed by atoms with Gasteiger partial charge in [-0.25, -0.2) is 0 Å². The molecule has 0 radical (unpaired) electrons. The predicted molar refractivity (Wildman–Crippen MR) is 53.0 cm³/mol. The summed E-state index contributed by atoms with van der Waals surface area (Å²) in [5.74, 6) is 2.38. The molecule has 1 heteroatoms. The van der Waals surface area contributed by atoms with Crippen LogP contribution in [0.2, 0.25) is 0 Å². The van der Waals surface area contributed by atoms with Gasteiger partial charge in [0.05, 0.1) is 0 Å². The van der Waals surface area contributed by atoms with Gasteiger partial charge < -0.3 is 4.74 Å². The molecule has 0 aromatic heterocycles. The number of allylic oxidation sites excluding steroid dienone is 4. The Balaban J connectivity index is 1.99. The second kappa shape index (κ2) is 1.48. The van der Waals surface area contributed by atoms with Gasteiger partial charge in [0.1, 0.15) is 0 Å². The Morgan fingerprint density at radius 1 is 0.857 bits per heavy atom. The third-order valence-electron chi connectivity index (χ3n) is 3.59. The minimum absolute atomic E-state index is 1.13. The maximum absolute atomic E-state index is 5.47. The zero-order chi connectivity index (χ0) is 8.86. The van der Waals surface area contributed by atoms with E-state index in [1.165, 1.54) is 44.9 Å². The summed E-state index contributed by atoms with van der Waals surface area (Å²) in [6, 6.07) is 8.65. The molecule has 0 saturated heterocycles. The Kier molecular flexibility index (Phi) is 0.619. The van der Waals surface area contributed by atoms with Crippen LogP contribution in [0.1, 0.15) is 17.5 Å². The number of hydrogen-bond donors (Lipinski definition) is 0. The van der Waals surface area contributed by atoms with Crippen molar-refractivity contribution in [2.75, 3.05) is 0 Å². The van der Waals surface area contributed by atoms with Crippen LogP contribution in [0.15, 0.2) is 46.9 Å². The standard InChI is InChI=1S/C13H6O/c1-2-4-7-6(3-1)10-8-5-9(11(7)10)13-12(8)14-13/h1-4H,5H2. The molecule has 0 fully saturated rings. The van der Waals surface area contributed by atoms with Crippen LogP contribution in [-0.4, -0.2) is 0 Å². The van der Waals surface area contributed by atoms with E-state index >= 15 is 0 Å². The van der Waals surface area contributed by atoms with Crippen molar-refractivity contribution in [1.29, 1.82) is 0 Å². The van der Waals surface area contributed by atoms with Crippen molar-refractivity contribution in [3.63, 3.8) is 0 Å². The molecule has 4 aliphatic rings. The topological polar surface area (TPSA) is 12.5 Å². The van der Waals surface area contributed by atoms with E-state index in [0.717, 1.165) is 6.42 Å². The number of ether oxygens (including phenoxy) is 1. The van der Waals surface area contributed by atoms with Gasteiger partial charge >= 0.3 is 0 Å². The van der Waals surface area contributed by atoms with E-state index < -0.39 is 0 Å². The van der Waals surface area contributed by atoms with Gasteiger partial charge in [0.2, 0.25) is 0 Å². The van der Waals surface area contributed by atoms with Crippen molar-refractivity contribution in [1.82, 2.24) is 0 Å². The summed E-state index contributed by atoms with van der Waals surface area (Å²) in [7, 11) is 0. The van der Waals surface area contributed by atoms with Crippen molar-refractivity contribution in [2.45, 2.75) is 6.42 Å². The fraction of sp³-hybridized carbons (Fsp3) is 0.0769. The van der Waals surface area contributed by atoms with E-state index in [-0.39, 0.29) is 0 Å². The average Bonchev–Trinajstić information content (AvgIpc) is 2.84. The summed E-state index contributed by atoms with van der Waals surface area (Å²) in [6.07, 6.45) is 1.13. The Hall–Kier alpha value is -1.76. The van der Waals surface area contributed by atoms with Crippen LogP contribution in [-0.2, 0) is 4.74 Å². The number of hydrogen-bond acceptors (Lipinski definition) is 1. The molecule has 0 N–H and O–H groups in total. The maximum Gasteiger partial charge on any atom is 0.174 e. The largest absolute Gasteiger partial charge is 0.449 e.